The summed E-state index contributed by atoms with van der Waals surface area (Å²) in [6.45, 7) is 0. The number of hydrazone groups is 1. The minimum Gasteiger partial charge on any atom is -0.267 e. The molecule has 0 spiro atoms. The molecule has 0 atom stereocenters. The summed E-state index contributed by atoms with van der Waals surface area (Å²) in [5.74, 6) is -0.665. The Kier molecular flexibility index (Phi) is 5.09. The Balaban J connectivity index is 1.95. The predicted molar refractivity (Wildman–Crippen MR) is 96.9 cm³/mol. The highest BCUT2D eigenvalue weighted by atomic mass is 16.6. The van der Waals surface area contributed by atoms with Crippen LogP contribution in [-0.4, -0.2) is 21.5 Å². The molecular weight excluding hydrogens is 332 g/mol. The number of pyridine rings is 1. The summed E-state index contributed by atoms with van der Waals surface area (Å²) in [6.07, 6.45) is 1.62. The van der Waals surface area contributed by atoms with E-state index in [0.29, 0.717) is 11.4 Å². The Morgan fingerprint density at radius 1 is 0.962 bits per heavy atom. The molecule has 0 unspecified atom stereocenters. The zero-order valence-corrected chi connectivity index (χ0v) is 13.6. The molecule has 0 aliphatic rings. The molecule has 2 aromatic carbocycles. The number of benzene rings is 2. The summed E-state index contributed by atoms with van der Waals surface area (Å²) < 4.78 is 0. The van der Waals surface area contributed by atoms with Gasteiger partial charge in [-0.3, -0.25) is 19.9 Å². The van der Waals surface area contributed by atoms with E-state index in [0.717, 1.165) is 5.56 Å². The molecule has 3 aromatic rings. The second kappa shape index (κ2) is 7.80. The summed E-state index contributed by atoms with van der Waals surface area (Å²) >= 11 is 0. The Bertz CT molecular complexity index is 915. The molecule has 1 aromatic heterocycles. The summed E-state index contributed by atoms with van der Waals surface area (Å²) in [6, 6.07) is 20.3. The lowest BCUT2D eigenvalue weighted by molar-refractivity contribution is -0.385. The van der Waals surface area contributed by atoms with E-state index in [4.69, 9.17) is 0 Å². The maximum absolute atomic E-state index is 12.4. The molecule has 26 heavy (non-hydrogen) atoms. The van der Waals surface area contributed by atoms with E-state index in [-0.39, 0.29) is 11.3 Å². The molecule has 7 heteroatoms. The van der Waals surface area contributed by atoms with Crippen molar-refractivity contribution in [3.63, 3.8) is 0 Å². The van der Waals surface area contributed by atoms with E-state index < -0.39 is 10.8 Å². The SMILES string of the molecule is O=C(NN=C(c1ccccc1)c1ccccn1)c1ccccc1[N+](=O)[O-]. The van der Waals surface area contributed by atoms with Crippen LogP contribution in [0.25, 0.3) is 0 Å². The summed E-state index contributed by atoms with van der Waals surface area (Å²) in [4.78, 5) is 27.1. The summed E-state index contributed by atoms with van der Waals surface area (Å²) in [5.41, 5.74) is 3.84. The highest BCUT2D eigenvalue weighted by molar-refractivity contribution is 6.12. The van der Waals surface area contributed by atoms with E-state index >= 15 is 0 Å². The molecule has 0 saturated carbocycles. The number of nitro benzene ring substituents is 1. The number of nitro groups is 1. The van der Waals surface area contributed by atoms with Crippen LogP contribution < -0.4 is 5.43 Å². The van der Waals surface area contributed by atoms with Crippen molar-refractivity contribution in [2.24, 2.45) is 5.10 Å². The highest BCUT2D eigenvalue weighted by Crippen LogP contribution is 2.17. The zero-order chi connectivity index (χ0) is 18.4. The minimum absolute atomic E-state index is 0.0605. The zero-order valence-electron chi connectivity index (χ0n) is 13.6. The average molecular weight is 346 g/mol. The molecule has 1 amide bonds. The van der Waals surface area contributed by atoms with Gasteiger partial charge in [-0.15, -0.1) is 0 Å². The van der Waals surface area contributed by atoms with Gasteiger partial charge in [-0.05, 0) is 18.2 Å². The van der Waals surface area contributed by atoms with Gasteiger partial charge in [0.05, 0.1) is 10.6 Å². The molecule has 128 valence electrons. The van der Waals surface area contributed by atoms with Crippen LogP contribution in [-0.2, 0) is 0 Å². The Labute approximate surface area is 149 Å². The Morgan fingerprint density at radius 2 is 1.65 bits per heavy atom. The van der Waals surface area contributed by atoms with Gasteiger partial charge in [-0.1, -0.05) is 48.5 Å². The van der Waals surface area contributed by atoms with Crippen molar-refractivity contribution in [1.29, 1.82) is 0 Å². The van der Waals surface area contributed by atoms with Gasteiger partial charge in [0.2, 0.25) is 0 Å². The number of nitrogens with zero attached hydrogens (tertiary/aromatic N) is 3. The molecule has 0 saturated heterocycles. The smallest absolute Gasteiger partial charge is 0.267 e. The van der Waals surface area contributed by atoms with Crippen LogP contribution >= 0.6 is 0 Å². The first-order valence-corrected chi connectivity index (χ1v) is 7.75. The molecule has 3 rings (SSSR count). The van der Waals surface area contributed by atoms with Crippen molar-refractivity contribution in [3.05, 3.63) is 106 Å². The highest BCUT2D eigenvalue weighted by Gasteiger charge is 2.19. The number of rotatable bonds is 5. The van der Waals surface area contributed by atoms with Gasteiger partial charge in [-0.2, -0.15) is 5.10 Å². The molecule has 0 aliphatic heterocycles. The first-order valence-electron chi connectivity index (χ1n) is 7.75. The van der Waals surface area contributed by atoms with Crippen LogP contribution in [0, 0.1) is 10.1 Å². The fourth-order valence-corrected chi connectivity index (χ4v) is 2.36. The third-order valence-corrected chi connectivity index (χ3v) is 3.57. The van der Waals surface area contributed by atoms with Crippen LogP contribution in [0.4, 0.5) is 5.69 Å². The predicted octanol–water partition coefficient (Wildman–Crippen LogP) is 3.17. The van der Waals surface area contributed by atoms with Crippen molar-refractivity contribution >= 4 is 17.3 Å². The third-order valence-electron chi connectivity index (χ3n) is 3.57. The van der Waals surface area contributed by atoms with Crippen molar-refractivity contribution in [3.8, 4) is 0 Å². The minimum atomic E-state index is -0.665. The molecule has 7 nitrogen and oxygen atoms in total. The van der Waals surface area contributed by atoms with Crippen LogP contribution in [0.1, 0.15) is 21.6 Å². The number of nitrogens with one attached hydrogen (secondary N) is 1. The van der Waals surface area contributed by atoms with Crippen LogP contribution in [0.15, 0.2) is 84.1 Å². The topological polar surface area (TPSA) is 97.5 Å². The molecule has 0 bridgehead atoms. The van der Waals surface area contributed by atoms with Gasteiger partial charge in [0.1, 0.15) is 11.3 Å². The lowest BCUT2D eigenvalue weighted by atomic mass is 10.1. The van der Waals surface area contributed by atoms with Gasteiger partial charge in [0.15, 0.2) is 0 Å². The third kappa shape index (κ3) is 3.78. The van der Waals surface area contributed by atoms with Crippen molar-refractivity contribution in [2.75, 3.05) is 0 Å². The quantitative estimate of drug-likeness (QED) is 0.436. The molecule has 1 N–H and O–H groups in total. The number of aromatic nitrogens is 1. The molecular formula is C19H14N4O3. The lowest BCUT2D eigenvalue weighted by Gasteiger charge is -2.07. The Morgan fingerprint density at radius 3 is 2.35 bits per heavy atom. The second-order valence-electron chi connectivity index (χ2n) is 5.26. The van der Waals surface area contributed by atoms with Crippen molar-refractivity contribution in [1.82, 2.24) is 10.4 Å². The van der Waals surface area contributed by atoms with Gasteiger partial charge >= 0.3 is 0 Å². The summed E-state index contributed by atoms with van der Waals surface area (Å²) in [7, 11) is 0. The van der Waals surface area contributed by atoms with Gasteiger partial charge < -0.3 is 0 Å². The number of hydrogen-bond acceptors (Lipinski definition) is 5. The fourth-order valence-electron chi connectivity index (χ4n) is 2.36. The van der Waals surface area contributed by atoms with E-state index in [9.17, 15) is 14.9 Å². The number of hydrogen-bond donors (Lipinski definition) is 1. The van der Waals surface area contributed by atoms with E-state index in [1.54, 1.807) is 24.4 Å². The molecule has 0 aliphatic carbocycles. The average Bonchev–Trinajstić information content (AvgIpc) is 2.69. The molecule has 1 heterocycles. The number of para-hydroxylation sites is 1. The Hall–Kier alpha value is -3.87. The maximum Gasteiger partial charge on any atom is 0.282 e. The molecule has 0 fully saturated rings. The van der Waals surface area contributed by atoms with Crippen LogP contribution in [0.3, 0.4) is 0 Å². The first-order chi connectivity index (χ1) is 12.7. The first kappa shape index (κ1) is 17.0. The van der Waals surface area contributed by atoms with Crippen molar-refractivity contribution in [2.45, 2.75) is 0 Å². The normalized spacial score (nSPS) is 11.0. The van der Waals surface area contributed by atoms with E-state index in [1.807, 2.05) is 36.4 Å². The number of carbonyl (C=O) groups excluding carboxylic acids is 1. The largest absolute Gasteiger partial charge is 0.282 e. The van der Waals surface area contributed by atoms with E-state index in [1.165, 1.54) is 18.2 Å². The molecule has 0 radical (unpaired) electrons. The van der Waals surface area contributed by atoms with Gasteiger partial charge in [0, 0.05) is 17.8 Å². The van der Waals surface area contributed by atoms with Crippen molar-refractivity contribution < 1.29 is 9.72 Å². The number of carbonyl (C=O) groups is 1. The second-order valence-corrected chi connectivity index (χ2v) is 5.26. The number of amides is 1. The summed E-state index contributed by atoms with van der Waals surface area (Å²) in [5, 5.41) is 15.3. The van der Waals surface area contributed by atoms with Crippen LogP contribution in [0.5, 0.6) is 0 Å². The maximum atomic E-state index is 12.4. The van der Waals surface area contributed by atoms with Gasteiger partial charge in [-0.25, -0.2) is 5.43 Å². The lowest BCUT2D eigenvalue weighted by Crippen LogP contribution is -2.22. The van der Waals surface area contributed by atoms with Gasteiger partial charge in [0.25, 0.3) is 11.6 Å². The fraction of sp³-hybridized carbons (Fsp3) is 0. The van der Waals surface area contributed by atoms with E-state index in [2.05, 4.69) is 15.5 Å². The standard InChI is InChI=1S/C19H14N4O3/c24-19(15-10-4-5-12-17(15)23(25)26)22-21-18(14-8-2-1-3-9-14)16-11-6-7-13-20-16/h1-13H,(H,22,24). The van der Waals surface area contributed by atoms with Crippen LogP contribution in [0.2, 0.25) is 0 Å². The monoisotopic (exact) mass is 346 g/mol.